The monoisotopic (exact) mass is 725 g/mol. The number of pyridine rings is 1. The maximum absolute atomic E-state index is 4.47. The first kappa shape index (κ1) is 31.8. The van der Waals surface area contributed by atoms with Crippen LogP contribution in [0.1, 0.15) is 22.3 Å². The Labute approximate surface area is 330 Å². The van der Waals surface area contributed by atoms with Gasteiger partial charge in [-0.15, -0.1) is 0 Å². The molecule has 3 nitrogen and oxygen atoms in total. The minimum Gasteiger partial charge on any atom is -0.309 e. The Kier molecular flexibility index (Phi) is 6.84. The molecule has 0 unspecified atom stereocenters. The zero-order valence-electron chi connectivity index (χ0n) is 31.0. The number of benzene rings is 8. The number of para-hydroxylation sites is 2. The van der Waals surface area contributed by atoms with Crippen molar-refractivity contribution in [2.75, 3.05) is 0 Å². The standard InChI is InChI=1S/C54H35N3/c1-3-13-38(14-4-1)54(39-15-5-2-6-16-39)47-20-10-7-19-46(47)52-48(54)32-31-45-43-18-9-12-22-50(43)57(53(45)52)41-29-25-37(26-30-41)36-23-27-40(28-24-36)56-49-21-11-8-17-42(49)44-33-34-55-35-51(44)56/h1-35H. The minimum absolute atomic E-state index is 0.463. The lowest BCUT2D eigenvalue weighted by molar-refractivity contribution is 0.769. The van der Waals surface area contributed by atoms with Crippen LogP contribution >= 0.6 is 0 Å². The molecular formula is C54H35N3. The van der Waals surface area contributed by atoms with Gasteiger partial charge in [0, 0.05) is 44.7 Å². The maximum Gasteiger partial charge on any atom is 0.0724 e. The molecule has 3 aromatic heterocycles. The van der Waals surface area contributed by atoms with Crippen LogP contribution in [0.4, 0.5) is 0 Å². The van der Waals surface area contributed by atoms with Crippen molar-refractivity contribution >= 4 is 43.6 Å². The fourth-order valence-corrected chi connectivity index (χ4v) is 9.95. The number of fused-ring (bicyclic) bond motifs is 10. The molecule has 0 saturated heterocycles. The SMILES string of the molecule is c1ccc(C2(c3ccccc3)c3ccccc3-c3c2ccc2c4ccccc4n(-c4ccc(-c5ccc(-n6c7ccccc7c7ccncc76)cc5)cc4)c32)cc1. The van der Waals surface area contributed by atoms with Crippen molar-refractivity contribution in [3.05, 3.63) is 235 Å². The van der Waals surface area contributed by atoms with Crippen LogP contribution in [0.2, 0.25) is 0 Å². The quantitative estimate of drug-likeness (QED) is 0.173. The lowest BCUT2D eigenvalue weighted by atomic mass is 9.67. The predicted octanol–water partition coefficient (Wildman–Crippen LogP) is 13.3. The van der Waals surface area contributed by atoms with Crippen molar-refractivity contribution in [2.24, 2.45) is 0 Å². The normalized spacial score (nSPS) is 13.1. The molecule has 11 aromatic rings. The number of hydrogen-bond donors (Lipinski definition) is 0. The summed E-state index contributed by atoms with van der Waals surface area (Å²) in [6.45, 7) is 0. The van der Waals surface area contributed by atoms with E-state index in [-0.39, 0.29) is 0 Å². The van der Waals surface area contributed by atoms with Gasteiger partial charge in [-0.2, -0.15) is 0 Å². The van der Waals surface area contributed by atoms with Crippen LogP contribution in [-0.4, -0.2) is 14.1 Å². The third-order valence-electron chi connectivity index (χ3n) is 12.3. The molecular weight excluding hydrogens is 691 g/mol. The molecule has 0 fully saturated rings. The fourth-order valence-electron chi connectivity index (χ4n) is 9.95. The van der Waals surface area contributed by atoms with Crippen molar-refractivity contribution < 1.29 is 0 Å². The van der Waals surface area contributed by atoms with Crippen molar-refractivity contribution in [3.8, 4) is 33.6 Å². The van der Waals surface area contributed by atoms with E-state index in [0.717, 1.165) is 16.9 Å². The molecule has 0 radical (unpaired) electrons. The Hall–Kier alpha value is -7.49. The fraction of sp³-hybridized carbons (Fsp3) is 0.0185. The van der Waals surface area contributed by atoms with Gasteiger partial charge in [0.05, 0.1) is 33.7 Å². The van der Waals surface area contributed by atoms with Crippen LogP contribution in [0.25, 0.3) is 77.2 Å². The van der Waals surface area contributed by atoms with Gasteiger partial charge in [0.1, 0.15) is 0 Å². The second-order valence-electron chi connectivity index (χ2n) is 15.1. The molecule has 57 heavy (non-hydrogen) atoms. The molecule has 3 heteroatoms. The summed E-state index contributed by atoms with van der Waals surface area (Å²) in [5, 5.41) is 4.96. The zero-order valence-corrected chi connectivity index (χ0v) is 31.0. The summed E-state index contributed by atoms with van der Waals surface area (Å²) in [5.74, 6) is 0. The summed E-state index contributed by atoms with van der Waals surface area (Å²) >= 11 is 0. The third-order valence-corrected chi connectivity index (χ3v) is 12.3. The van der Waals surface area contributed by atoms with E-state index in [1.54, 1.807) is 0 Å². The Bertz CT molecular complexity index is 3220. The molecule has 0 amide bonds. The lowest BCUT2D eigenvalue weighted by Gasteiger charge is -2.33. The topological polar surface area (TPSA) is 22.8 Å². The molecule has 8 aromatic carbocycles. The zero-order chi connectivity index (χ0) is 37.5. The summed E-state index contributed by atoms with van der Waals surface area (Å²) in [6.07, 6.45) is 3.84. The summed E-state index contributed by atoms with van der Waals surface area (Å²) in [7, 11) is 0. The van der Waals surface area contributed by atoms with Crippen LogP contribution in [0.15, 0.2) is 213 Å². The van der Waals surface area contributed by atoms with Crippen LogP contribution < -0.4 is 0 Å². The number of nitrogens with zero attached hydrogens (tertiary/aromatic N) is 3. The third kappa shape index (κ3) is 4.45. The Morgan fingerprint density at radius 1 is 0.368 bits per heavy atom. The van der Waals surface area contributed by atoms with Gasteiger partial charge >= 0.3 is 0 Å². The first-order valence-corrected chi connectivity index (χ1v) is 19.6. The molecule has 0 saturated carbocycles. The average Bonchev–Trinajstić information content (AvgIpc) is 3.92. The minimum atomic E-state index is -0.463. The molecule has 0 bridgehead atoms. The van der Waals surface area contributed by atoms with E-state index >= 15 is 0 Å². The van der Waals surface area contributed by atoms with E-state index in [1.165, 1.54) is 82.6 Å². The summed E-state index contributed by atoms with van der Waals surface area (Å²) in [6, 6.07) is 73.5. The van der Waals surface area contributed by atoms with Crippen LogP contribution in [0.5, 0.6) is 0 Å². The molecule has 12 rings (SSSR count). The van der Waals surface area contributed by atoms with E-state index in [0.29, 0.717) is 0 Å². The molecule has 0 N–H and O–H groups in total. The lowest BCUT2D eigenvalue weighted by Crippen LogP contribution is -2.28. The second kappa shape index (κ2) is 12.3. The first-order valence-electron chi connectivity index (χ1n) is 19.6. The smallest absolute Gasteiger partial charge is 0.0724 e. The van der Waals surface area contributed by atoms with E-state index in [9.17, 15) is 0 Å². The van der Waals surface area contributed by atoms with Crippen molar-refractivity contribution in [1.29, 1.82) is 0 Å². The second-order valence-corrected chi connectivity index (χ2v) is 15.1. The molecule has 0 atom stereocenters. The van der Waals surface area contributed by atoms with Gasteiger partial charge < -0.3 is 9.13 Å². The number of aromatic nitrogens is 3. The van der Waals surface area contributed by atoms with Gasteiger partial charge in [0.15, 0.2) is 0 Å². The predicted molar refractivity (Wildman–Crippen MR) is 236 cm³/mol. The van der Waals surface area contributed by atoms with E-state index in [1.807, 2.05) is 12.4 Å². The van der Waals surface area contributed by atoms with E-state index < -0.39 is 5.41 Å². The van der Waals surface area contributed by atoms with Gasteiger partial charge in [0.2, 0.25) is 0 Å². The van der Waals surface area contributed by atoms with Crippen molar-refractivity contribution in [2.45, 2.75) is 5.41 Å². The number of hydrogen-bond acceptors (Lipinski definition) is 1. The highest BCUT2D eigenvalue weighted by Crippen LogP contribution is 2.58. The van der Waals surface area contributed by atoms with Crippen LogP contribution in [-0.2, 0) is 5.41 Å². The average molecular weight is 726 g/mol. The van der Waals surface area contributed by atoms with E-state index in [2.05, 4.69) is 214 Å². The first-order chi connectivity index (χ1) is 28.3. The van der Waals surface area contributed by atoms with Gasteiger partial charge in [-0.1, -0.05) is 158 Å². The maximum atomic E-state index is 4.47. The van der Waals surface area contributed by atoms with Gasteiger partial charge in [-0.05, 0) is 81.4 Å². The molecule has 1 aliphatic rings. The van der Waals surface area contributed by atoms with Crippen molar-refractivity contribution in [1.82, 2.24) is 14.1 Å². The summed E-state index contributed by atoms with van der Waals surface area (Å²) in [4.78, 5) is 4.47. The van der Waals surface area contributed by atoms with Crippen LogP contribution in [0.3, 0.4) is 0 Å². The van der Waals surface area contributed by atoms with Gasteiger partial charge in [-0.25, -0.2) is 0 Å². The van der Waals surface area contributed by atoms with Gasteiger partial charge in [-0.3, -0.25) is 4.98 Å². The molecule has 0 spiro atoms. The molecule has 266 valence electrons. The van der Waals surface area contributed by atoms with Crippen LogP contribution in [0, 0.1) is 0 Å². The summed E-state index contributed by atoms with van der Waals surface area (Å²) < 4.78 is 4.81. The molecule has 3 heterocycles. The Morgan fingerprint density at radius 2 is 0.895 bits per heavy atom. The molecule has 1 aliphatic carbocycles. The number of rotatable bonds is 5. The van der Waals surface area contributed by atoms with E-state index in [4.69, 9.17) is 0 Å². The highest BCUT2D eigenvalue weighted by Gasteiger charge is 2.47. The Balaban J connectivity index is 1.03. The summed E-state index contributed by atoms with van der Waals surface area (Å²) in [5.41, 5.74) is 16.7. The highest BCUT2D eigenvalue weighted by molar-refractivity contribution is 6.16. The van der Waals surface area contributed by atoms with Crippen molar-refractivity contribution in [3.63, 3.8) is 0 Å². The Morgan fingerprint density at radius 3 is 1.56 bits per heavy atom. The molecule has 0 aliphatic heterocycles. The highest BCUT2D eigenvalue weighted by atomic mass is 15.0. The largest absolute Gasteiger partial charge is 0.309 e. The van der Waals surface area contributed by atoms with Gasteiger partial charge in [0.25, 0.3) is 0 Å².